The molecular formula is C18H22N2O5. The largest absolute Gasteiger partial charge is 0.480 e. The summed E-state index contributed by atoms with van der Waals surface area (Å²) in [7, 11) is 0. The minimum Gasteiger partial charge on any atom is -0.480 e. The molecule has 134 valence electrons. The maximum atomic E-state index is 12.7. The molecule has 2 N–H and O–H groups in total. The van der Waals surface area contributed by atoms with E-state index in [0.717, 1.165) is 4.90 Å². The fraction of sp³-hybridized carbons (Fsp3) is 0.444. The third-order valence-electron chi connectivity index (χ3n) is 4.23. The second-order valence-corrected chi connectivity index (χ2v) is 6.78. The normalized spacial score (nSPS) is 16.2. The van der Waals surface area contributed by atoms with Crippen molar-refractivity contribution in [3.8, 4) is 0 Å². The third-order valence-corrected chi connectivity index (χ3v) is 4.23. The summed E-state index contributed by atoms with van der Waals surface area (Å²) in [6, 6.07) is 4.21. The molecule has 1 aliphatic heterocycles. The highest BCUT2D eigenvalue weighted by atomic mass is 16.4. The Bertz CT molecular complexity index is 691. The van der Waals surface area contributed by atoms with E-state index in [2.05, 4.69) is 5.32 Å². The molecule has 0 fully saturated rings. The summed E-state index contributed by atoms with van der Waals surface area (Å²) < 4.78 is 0. The molecule has 0 unspecified atom stereocenters. The Hall–Kier alpha value is -2.70. The lowest BCUT2D eigenvalue weighted by atomic mass is 9.99. The summed E-state index contributed by atoms with van der Waals surface area (Å²) in [5.74, 6) is -3.59. The van der Waals surface area contributed by atoms with E-state index in [9.17, 15) is 24.3 Å². The molecule has 1 heterocycles. The van der Waals surface area contributed by atoms with Crippen LogP contribution in [-0.4, -0.2) is 45.8 Å². The quantitative estimate of drug-likeness (QED) is 0.760. The molecule has 0 aliphatic carbocycles. The van der Waals surface area contributed by atoms with Gasteiger partial charge in [0.05, 0.1) is 11.1 Å². The summed E-state index contributed by atoms with van der Waals surface area (Å²) in [5, 5.41) is 11.7. The number of amides is 3. The third kappa shape index (κ3) is 3.40. The highest BCUT2D eigenvalue weighted by Crippen LogP contribution is 2.27. The van der Waals surface area contributed by atoms with E-state index in [0.29, 0.717) is 0 Å². The van der Waals surface area contributed by atoms with Gasteiger partial charge in [-0.15, -0.1) is 0 Å². The average molecular weight is 346 g/mol. The molecule has 2 rings (SSSR count). The number of aliphatic carboxylic acids is 1. The van der Waals surface area contributed by atoms with Crippen molar-refractivity contribution < 1.29 is 24.3 Å². The Kier molecular flexibility index (Phi) is 5.25. The molecule has 0 saturated carbocycles. The van der Waals surface area contributed by atoms with Gasteiger partial charge in [-0.1, -0.05) is 39.8 Å². The van der Waals surface area contributed by atoms with Gasteiger partial charge < -0.3 is 10.4 Å². The first kappa shape index (κ1) is 18.6. The Morgan fingerprint density at radius 1 is 0.960 bits per heavy atom. The summed E-state index contributed by atoms with van der Waals surface area (Å²) in [5.41, 5.74) is 0.509. The van der Waals surface area contributed by atoms with E-state index in [1.807, 2.05) is 0 Å². The second kappa shape index (κ2) is 7.04. The Morgan fingerprint density at radius 3 is 1.80 bits per heavy atom. The summed E-state index contributed by atoms with van der Waals surface area (Å²) >= 11 is 0. The van der Waals surface area contributed by atoms with Gasteiger partial charge >= 0.3 is 5.97 Å². The second-order valence-electron chi connectivity index (χ2n) is 6.78. The lowest BCUT2D eigenvalue weighted by Gasteiger charge is -2.30. The van der Waals surface area contributed by atoms with E-state index < -0.39 is 35.8 Å². The van der Waals surface area contributed by atoms with Gasteiger partial charge in [-0.05, 0) is 24.0 Å². The topological polar surface area (TPSA) is 104 Å². The number of rotatable bonds is 6. The zero-order valence-corrected chi connectivity index (χ0v) is 14.6. The number of carboxylic acids is 1. The van der Waals surface area contributed by atoms with E-state index in [-0.39, 0.29) is 23.0 Å². The molecular weight excluding hydrogens is 324 g/mol. The van der Waals surface area contributed by atoms with Gasteiger partial charge in [0.2, 0.25) is 5.91 Å². The highest BCUT2D eigenvalue weighted by Gasteiger charge is 2.44. The van der Waals surface area contributed by atoms with Crippen molar-refractivity contribution >= 4 is 23.7 Å². The molecule has 1 aliphatic rings. The van der Waals surface area contributed by atoms with Gasteiger partial charge in [-0.25, -0.2) is 4.79 Å². The van der Waals surface area contributed by atoms with Gasteiger partial charge in [0, 0.05) is 0 Å². The first-order valence-electron chi connectivity index (χ1n) is 8.16. The lowest BCUT2D eigenvalue weighted by Crippen LogP contribution is -2.56. The molecule has 25 heavy (non-hydrogen) atoms. The summed E-state index contributed by atoms with van der Waals surface area (Å²) in [4.78, 5) is 50.2. The Labute approximate surface area is 146 Å². The molecule has 0 radical (unpaired) electrons. The van der Waals surface area contributed by atoms with Gasteiger partial charge in [0.1, 0.15) is 12.1 Å². The van der Waals surface area contributed by atoms with Crippen LogP contribution in [0.3, 0.4) is 0 Å². The van der Waals surface area contributed by atoms with Crippen molar-refractivity contribution in [2.75, 3.05) is 0 Å². The predicted molar refractivity (Wildman–Crippen MR) is 90.0 cm³/mol. The van der Waals surface area contributed by atoms with Crippen LogP contribution < -0.4 is 5.32 Å². The maximum Gasteiger partial charge on any atom is 0.326 e. The number of carbonyl (C=O) groups is 4. The fourth-order valence-corrected chi connectivity index (χ4v) is 2.93. The molecule has 2 atom stereocenters. The van der Waals surface area contributed by atoms with Gasteiger partial charge in [0.25, 0.3) is 11.8 Å². The van der Waals surface area contributed by atoms with E-state index in [1.165, 1.54) is 0 Å². The smallest absolute Gasteiger partial charge is 0.326 e. The molecule has 0 bridgehead atoms. The molecule has 3 amide bonds. The van der Waals surface area contributed by atoms with Crippen molar-refractivity contribution in [3.05, 3.63) is 35.4 Å². The Morgan fingerprint density at radius 2 is 1.44 bits per heavy atom. The summed E-state index contributed by atoms with van der Waals surface area (Å²) in [6.45, 7) is 6.76. The SMILES string of the molecule is CC(C)[C@H](NC(=O)[C@@H](C(C)C)N1C(=O)c2ccccc2C1=O)C(=O)O. The van der Waals surface area contributed by atoms with Gasteiger partial charge in [-0.3, -0.25) is 19.3 Å². The number of carbonyl (C=O) groups excluding carboxylic acids is 3. The van der Waals surface area contributed by atoms with Crippen LogP contribution in [0.25, 0.3) is 0 Å². The van der Waals surface area contributed by atoms with Crippen LogP contribution in [0.4, 0.5) is 0 Å². The summed E-state index contributed by atoms with van der Waals surface area (Å²) in [6.07, 6.45) is 0. The highest BCUT2D eigenvalue weighted by molar-refractivity contribution is 6.22. The zero-order valence-electron chi connectivity index (χ0n) is 14.6. The van der Waals surface area contributed by atoms with E-state index in [1.54, 1.807) is 52.0 Å². The Balaban J connectivity index is 2.33. The van der Waals surface area contributed by atoms with Crippen molar-refractivity contribution in [2.24, 2.45) is 11.8 Å². The monoisotopic (exact) mass is 346 g/mol. The molecule has 0 aromatic heterocycles. The van der Waals surface area contributed by atoms with E-state index >= 15 is 0 Å². The number of nitrogens with zero attached hydrogens (tertiary/aromatic N) is 1. The molecule has 1 aromatic rings. The number of hydrogen-bond donors (Lipinski definition) is 2. The molecule has 1 aromatic carbocycles. The minimum atomic E-state index is -1.16. The van der Waals surface area contributed by atoms with Crippen molar-refractivity contribution in [1.29, 1.82) is 0 Å². The first-order valence-corrected chi connectivity index (χ1v) is 8.16. The molecule has 7 heteroatoms. The number of imide groups is 1. The van der Waals surface area contributed by atoms with Crippen LogP contribution in [0.1, 0.15) is 48.4 Å². The minimum absolute atomic E-state index is 0.254. The maximum absolute atomic E-state index is 12.7. The lowest BCUT2D eigenvalue weighted by molar-refractivity contribution is -0.144. The number of fused-ring (bicyclic) bond motifs is 1. The zero-order chi connectivity index (χ0) is 18.9. The van der Waals surface area contributed by atoms with Crippen LogP contribution in [0.5, 0.6) is 0 Å². The van der Waals surface area contributed by atoms with Crippen molar-refractivity contribution in [2.45, 2.75) is 39.8 Å². The number of benzene rings is 1. The fourth-order valence-electron chi connectivity index (χ4n) is 2.93. The van der Waals surface area contributed by atoms with E-state index in [4.69, 9.17) is 0 Å². The average Bonchev–Trinajstić information content (AvgIpc) is 2.77. The number of hydrogen-bond acceptors (Lipinski definition) is 4. The van der Waals surface area contributed by atoms with Gasteiger partial charge in [-0.2, -0.15) is 0 Å². The standard InChI is InChI=1S/C18H22N2O5/c1-9(2)13(18(24)25)19-15(21)14(10(3)4)20-16(22)11-7-5-6-8-12(11)17(20)23/h5-10,13-14H,1-4H3,(H,19,21)(H,24,25)/t13-,14+/m0/s1. The molecule has 7 nitrogen and oxygen atoms in total. The van der Waals surface area contributed by atoms with Crippen LogP contribution in [-0.2, 0) is 9.59 Å². The van der Waals surface area contributed by atoms with Crippen LogP contribution >= 0.6 is 0 Å². The van der Waals surface area contributed by atoms with Crippen LogP contribution in [0.15, 0.2) is 24.3 Å². The first-order chi connectivity index (χ1) is 11.7. The number of nitrogens with one attached hydrogen (secondary N) is 1. The molecule has 0 spiro atoms. The van der Waals surface area contributed by atoms with Gasteiger partial charge in [0.15, 0.2) is 0 Å². The predicted octanol–water partition coefficient (Wildman–Crippen LogP) is 1.53. The number of carboxylic acid groups (broad SMARTS) is 1. The molecule has 0 saturated heterocycles. The van der Waals surface area contributed by atoms with Crippen LogP contribution in [0, 0.1) is 11.8 Å². The van der Waals surface area contributed by atoms with Crippen molar-refractivity contribution in [1.82, 2.24) is 10.2 Å². The van der Waals surface area contributed by atoms with Crippen molar-refractivity contribution in [3.63, 3.8) is 0 Å². The van der Waals surface area contributed by atoms with Crippen LogP contribution in [0.2, 0.25) is 0 Å².